The number of amides is 2. The molecule has 0 saturated heterocycles. The molecule has 0 unspecified atom stereocenters. The van der Waals surface area contributed by atoms with Crippen LogP contribution in [0.15, 0.2) is 73.1 Å². The Balaban J connectivity index is 1.26. The summed E-state index contributed by atoms with van der Waals surface area (Å²) in [6.07, 6.45) is 7.41. The van der Waals surface area contributed by atoms with E-state index in [1.165, 1.54) is 0 Å². The number of benzene rings is 3. The Bertz CT molecular complexity index is 1810. The summed E-state index contributed by atoms with van der Waals surface area (Å²) in [4.78, 5) is 27.7. The molecule has 4 aromatic rings. The highest BCUT2D eigenvalue weighted by Crippen LogP contribution is 2.35. The summed E-state index contributed by atoms with van der Waals surface area (Å²) in [5.74, 6) is -0.668. The van der Waals surface area contributed by atoms with Crippen molar-refractivity contribution in [3.8, 4) is 16.9 Å². The fraction of sp³-hybridized carbons (Fsp3) is 0.303. The van der Waals surface area contributed by atoms with Gasteiger partial charge in [0.25, 0.3) is 16.0 Å². The fourth-order valence-electron chi connectivity index (χ4n) is 5.44. The molecule has 1 aliphatic heterocycles. The van der Waals surface area contributed by atoms with E-state index >= 15 is 0 Å². The SMILES string of the molecule is Cc1c(Cl)cccc1OCCCC(=O)N1CCCCc2c(-c3cnn(Cc4cccc(C(=O)NCS(=O)(=O)O)c4)c3)cccc21. The van der Waals surface area contributed by atoms with Crippen LogP contribution in [0.5, 0.6) is 5.75 Å². The van der Waals surface area contributed by atoms with Gasteiger partial charge in [-0.15, -0.1) is 0 Å². The van der Waals surface area contributed by atoms with Crippen molar-refractivity contribution < 1.29 is 27.3 Å². The number of hydrogen-bond donors (Lipinski definition) is 2. The van der Waals surface area contributed by atoms with Crippen LogP contribution in [0.25, 0.3) is 11.1 Å². The fourth-order valence-corrected chi connectivity index (χ4v) is 5.92. The average molecular weight is 651 g/mol. The predicted octanol–water partition coefficient (Wildman–Crippen LogP) is 5.66. The lowest BCUT2D eigenvalue weighted by Crippen LogP contribution is -2.31. The van der Waals surface area contributed by atoms with Crippen molar-refractivity contribution in [1.29, 1.82) is 0 Å². The summed E-state index contributed by atoms with van der Waals surface area (Å²) < 4.78 is 38.5. The number of rotatable bonds is 11. The molecule has 2 heterocycles. The predicted molar refractivity (Wildman–Crippen MR) is 173 cm³/mol. The molecule has 0 spiro atoms. The first-order valence-corrected chi connectivity index (χ1v) is 16.7. The summed E-state index contributed by atoms with van der Waals surface area (Å²) in [6, 6.07) is 18.4. The van der Waals surface area contributed by atoms with Gasteiger partial charge in [0.15, 0.2) is 0 Å². The molecule has 12 heteroatoms. The molecule has 10 nitrogen and oxygen atoms in total. The summed E-state index contributed by atoms with van der Waals surface area (Å²) in [5, 5.41) is 7.39. The van der Waals surface area contributed by atoms with E-state index in [0.717, 1.165) is 58.5 Å². The molecule has 2 N–H and O–H groups in total. The number of carbonyl (C=O) groups excluding carboxylic acids is 2. The monoisotopic (exact) mass is 650 g/mol. The first kappa shape index (κ1) is 32.2. The van der Waals surface area contributed by atoms with Crippen LogP contribution in [-0.2, 0) is 27.9 Å². The second kappa shape index (κ2) is 14.3. The van der Waals surface area contributed by atoms with Gasteiger partial charge in [0.1, 0.15) is 11.6 Å². The normalized spacial score (nSPS) is 13.2. The van der Waals surface area contributed by atoms with Crippen LogP contribution < -0.4 is 15.0 Å². The molecule has 0 fully saturated rings. The zero-order chi connectivity index (χ0) is 32.0. The molecule has 3 aromatic carbocycles. The van der Waals surface area contributed by atoms with Gasteiger partial charge in [0, 0.05) is 46.6 Å². The summed E-state index contributed by atoms with van der Waals surface area (Å²) in [6.45, 7) is 3.38. The Hall–Kier alpha value is -4.19. The molecule has 1 aromatic heterocycles. The lowest BCUT2D eigenvalue weighted by molar-refractivity contribution is -0.118. The second-order valence-electron chi connectivity index (χ2n) is 11.0. The topological polar surface area (TPSA) is 131 Å². The van der Waals surface area contributed by atoms with E-state index in [2.05, 4.69) is 16.5 Å². The van der Waals surface area contributed by atoms with Gasteiger partial charge in [-0.2, -0.15) is 13.5 Å². The molecule has 0 bridgehead atoms. The number of fused-ring (bicyclic) bond motifs is 1. The maximum Gasteiger partial charge on any atom is 0.283 e. The van der Waals surface area contributed by atoms with Gasteiger partial charge in [-0.3, -0.25) is 18.8 Å². The van der Waals surface area contributed by atoms with Gasteiger partial charge < -0.3 is 15.0 Å². The van der Waals surface area contributed by atoms with Crippen LogP contribution >= 0.6 is 11.6 Å². The number of hydrogen-bond acceptors (Lipinski definition) is 6. The van der Waals surface area contributed by atoms with Gasteiger partial charge in [-0.05, 0) is 79.6 Å². The highest BCUT2D eigenvalue weighted by atomic mass is 35.5. The molecule has 0 saturated carbocycles. The number of aromatic nitrogens is 2. The maximum absolute atomic E-state index is 13.4. The third kappa shape index (κ3) is 8.30. The minimum atomic E-state index is -4.32. The number of nitrogens with zero attached hydrogens (tertiary/aromatic N) is 3. The Morgan fingerprint density at radius 3 is 2.71 bits per heavy atom. The van der Waals surface area contributed by atoms with Crippen molar-refractivity contribution in [3.05, 3.63) is 100 Å². The molecule has 45 heavy (non-hydrogen) atoms. The summed E-state index contributed by atoms with van der Waals surface area (Å²) in [5.41, 5.74) is 5.95. The van der Waals surface area contributed by atoms with Gasteiger partial charge in [-0.25, -0.2) is 0 Å². The third-order valence-corrected chi connectivity index (χ3v) is 8.62. The molecule has 1 aliphatic rings. The Kier molecular flexibility index (Phi) is 10.2. The van der Waals surface area contributed by atoms with Crippen molar-refractivity contribution in [2.75, 3.05) is 23.9 Å². The molecular weight excluding hydrogens is 616 g/mol. The maximum atomic E-state index is 13.4. The minimum absolute atomic E-state index is 0.0675. The highest BCUT2D eigenvalue weighted by Gasteiger charge is 2.23. The van der Waals surface area contributed by atoms with Crippen LogP contribution in [-0.4, -0.2) is 53.6 Å². The van der Waals surface area contributed by atoms with E-state index in [-0.39, 0.29) is 11.5 Å². The zero-order valence-corrected chi connectivity index (χ0v) is 26.5. The van der Waals surface area contributed by atoms with Gasteiger partial charge >= 0.3 is 0 Å². The molecule has 236 valence electrons. The van der Waals surface area contributed by atoms with E-state index in [0.29, 0.717) is 37.6 Å². The van der Waals surface area contributed by atoms with Crippen LogP contribution in [0, 0.1) is 6.92 Å². The molecule has 0 aliphatic carbocycles. The number of ether oxygens (including phenoxy) is 1. The lowest BCUT2D eigenvalue weighted by atomic mass is 9.97. The number of anilines is 1. The number of halogens is 1. The highest BCUT2D eigenvalue weighted by molar-refractivity contribution is 7.85. The van der Waals surface area contributed by atoms with Gasteiger partial charge in [0.05, 0.1) is 19.3 Å². The van der Waals surface area contributed by atoms with E-state index in [1.807, 2.05) is 54.4 Å². The molecule has 2 amide bonds. The van der Waals surface area contributed by atoms with E-state index in [9.17, 15) is 18.0 Å². The first-order chi connectivity index (χ1) is 21.6. The summed E-state index contributed by atoms with van der Waals surface area (Å²) in [7, 11) is -4.32. The van der Waals surface area contributed by atoms with Crippen molar-refractivity contribution in [1.82, 2.24) is 15.1 Å². The Morgan fingerprint density at radius 1 is 1.09 bits per heavy atom. The van der Waals surface area contributed by atoms with E-state index < -0.39 is 21.9 Å². The lowest BCUT2D eigenvalue weighted by Gasteiger charge is -2.24. The minimum Gasteiger partial charge on any atom is -0.493 e. The standard InChI is InChI=1S/C33H35ClN4O6S/c1-23-29(34)12-6-14-31(23)44-17-7-15-32(39)38-16-3-2-10-28-27(11-5-13-30(28)38)26-19-36-37(21-26)20-24-8-4-9-25(18-24)33(40)35-22-45(41,42)43/h4-6,8-9,11-14,18-19,21H,2-3,7,10,15-17,20,22H2,1H3,(H,35,40)(H,41,42,43). The third-order valence-electron chi connectivity index (χ3n) is 7.71. The smallest absolute Gasteiger partial charge is 0.283 e. The number of nitrogens with one attached hydrogen (secondary N) is 1. The van der Waals surface area contributed by atoms with Crippen LogP contribution in [0.2, 0.25) is 5.02 Å². The van der Waals surface area contributed by atoms with Crippen molar-refractivity contribution >= 4 is 39.2 Å². The van der Waals surface area contributed by atoms with Gasteiger partial charge in [-0.1, -0.05) is 41.9 Å². The first-order valence-electron chi connectivity index (χ1n) is 14.7. The molecule has 5 rings (SSSR count). The summed E-state index contributed by atoms with van der Waals surface area (Å²) >= 11 is 6.19. The van der Waals surface area contributed by atoms with Crippen molar-refractivity contribution in [3.63, 3.8) is 0 Å². The van der Waals surface area contributed by atoms with Crippen molar-refractivity contribution in [2.45, 2.75) is 45.6 Å². The number of carbonyl (C=O) groups is 2. The largest absolute Gasteiger partial charge is 0.493 e. The molecular formula is C33H35ClN4O6S. The molecule has 0 atom stereocenters. The van der Waals surface area contributed by atoms with Crippen LogP contribution in [0.3, 0.4) is 0 Å². The quantitative estimate of drug-likeness (QED) is 0.158. The van der Waals surface area contributed by atoms with Crippen molar-refractivity contribution in [2.24, 2.45) is 0 Å². The molecule has 0 radical (unpaired) electrons. The van der Waals surface area contributed by atoms with E-state index in [1.54, 1.807) is 29.1 Å². The van der Waals surface area contributed by atoms with E-state index in [4.69, 9.17) is 20.9 Å². The second-order valence-corrected chi connectivity index (χ2v) is 12.8. The van der Waals surface area contributed by atoms with Gasteiger partial charge in [0.2, 0.25) is 5.91 Å². The Morgan fingerprint density at radius 2 is 1.89 bits per heavy atom. The van der Waals surface area contributed by atoms with Crippen LogP contribution in [0.1, 0.15) is 52.7 Å². The zero-order valence-electron chi connectivity index (χ0n) is 24.9. The van der Waals surface area contributed by atoms with Crippen LogP contribution in [0.4, 0.5) is 5.69 Å². The Labute approximate surface area is 267 Å². The average Bonchev–Trinajstić information content (AvgIpc) is 3.36.